The Bertz CT molecular complexity index is 825. The van der Waals surface area contributed by atoms with Crippen molar-refractivity contribution in [3.63, 3.8) is 0 Å². The Hall–Kier alpha value is -2.44. The lowest BCUT2D eigenvalue weighted by atomic mass is 10.1. The van der Waals surface area contributed by atoms with Crippen LogP contribution in [-0.4, -0.2) is 39.7 Å². The highest BCUT2D eigenvalue weighted by Crippen LogP contribution is 2.38. The molecular weight excluding hydrogens is 395 g/mol. The number of hydrogen-bond acceptors (Lipinski definition) is 6. The van der Waals surface area contributed by atoms with Crippen molar-refractivity contribution in [3.05, 3.63) is 51.5 Å². The molecule has 0 atom stereocenters. The molecule has 0 amide bonds. The lowest BCUT2D eigenvalue weighted by Crippen LogP contribution is -2.16. The second-order valence-electron chi connectivity index (χ2n) is 5.42. The minimum atomic E-state index is -0.581. The van der Waals surface area contributed by atoms with Gasteiger partial charge in [-0.3, -0.25) is 9.59 Å². The first-order valence-corrected chi connectivity index (χ1v) is 8.58. The lowest BCUT2D eigenvalue weighted by Gasteiger charge is -2.14. The van der Waals surface area contributed by atoms with Gasteiger partial charge in [-0.05, 0) is 35.9 Å². The lowest BCUT2D eigenvalue weighted by molar-refractivity contribution is -0.141. The molecule has 8 heteroatoms. The molecule has 0 aliphatic rings. The van der Waals surface area contributed by atoms with E-state index >= 15 is 0 Å². The summed E-state index contributed by atoms with van der Waals surface area (Å²) in [6, 6.07) is 7.76. The molecule has 0 fully saturated rings. The third-order valence-electron chi connectivity index (χ3n) is 3.67. The summed E-state index contributed by atoms with van der Waals surface area (Å²) >= 11 is 11.8. The van der Waals surface area contributed by atoms with E-state index in [0.717, 1.165) is 0 Å². The van der Waals surface area contributed by atoms with E-state index in [1.807, 2.05) is 0 Å². The zero-order chi connectivity index (χ0) is 20.0. The SMILES string of the molecule is COc1cc(CC(=O)OCC(=O)c2ccc(Cl)cc2Cl)cc(OC)c1OC. The van der Waals surface area contributed by atoms with Gasteiger partial charge in [0.05, 0.1) is 32.8 Å². The first kappa shape index (κ1) is 20.9. The predicted octanol–water partition coefficient (Wildman–Crippen LogP) is 3.99. The number of benzene rings is 2. The summed E-state index contributed by atoms with van der Waals surface area (Å²) in [5.41, 5.74) is 0.827. The van der Waals surface area contributed by atoms with Crippen LogP contribution in [0.25, 0.3) is 0 Å². The molecule has 0 unspecified atom stereocenters. The second kappa shape index (κ2) is 9.48. The van der Waals surface area contributed by atoms with Crippen molar-refractivity contribution in [2.24, 2.45) is 0 Å². The van der Waals surface area contributed by atoms with E-state index in [-0.39, 0.29) is 17.0 Å². The Morgan fingerprint density at radius 3 is 2.07 bits per heavy atom. The molecule has 0 saturated heterocycles. The van der Waals surface area contributed by atoms with E-state index in [1.54, 1.807) is 18.2 Å². The van der Waals surface area contributed by atoms with Crippen LogP contribution in [0, 0.1) is 0 Å². The van der Waals surface area contributed by atoms with Crippen molar-refractivity contribution in [1.82, 2.24) is 0 Å². The van der Waals surface area contributed by atoms with Crippen molar-refractivity contribution in [2.45, 2.75) is 6.42 Å². The summed E-state index contributed by atoms with van der Waals surface area (Å²) in [6.07, 6.45) is -0.0711. The monoisotopic (exact) mass is 412 g/mol. The quantitative estimate of drug-likeness (QED) is 0.482. The number of hydrogen-bond donors (Lipinski definition) is 0. The molecule has 2 rings (SSSR count). The number of methoxy groups -OCH3 is 3. The summed E-state index contributed by atoms with van der Waals surface area (Å²) in [5, 5.41) is 0.615. The van der Waals surface area contributed by atoms with Crippen LogP contribution >= 0.6 is 23.2 Å². The average Bonchev–Trinajstić information content (AvgIpc) is 2.65. The summed E-state index contributed by atoms with van der Waals surface area (Å²) in [4.78, 5) is 24.3. The van der Waals surface area contributed by atoms with Crippen molar-refractivity contribution in [2.75, 3.05) is 27.9 Å². The molecule has 0 aliphatic heterocycles. The van der Waals surface area contributed by atoms with Crippen LogP contribution in [-0.2, 0) is 16.0 Å². The minimum absolute atomic E-state index is 0.0711. The molecule has 0 radical (unpaired) electrons. The molecule has 2 aromatic rings. The predicted molar refractivity (Wildman–Crippen MR) is 102 cm³/mol. The fourth-order valence-corrected chi connectivity index (χ4v) is 2.91. The molecule has 0 aliphatic carbocycles. The second-order valence-corrected chi connectivity index (χ2v) is 6.26. The van der Waals surface area contributed by atoms with Gasteiger partial charge in [0, 0.05) is 10.6 Å². The van der Waals surface area contributed by atoms with Crippen LogP contribution in [0.15, 0.2) is 30.3 Å². The highest BCUT2D eigenvalue weighted by atomic mass is 35.5. The first-order chi connectivity index (χ1) is 12.9. The van der Waals surface area contributed by atoms with Crippen LogP contribution in [0.1, 0.15) is 15.9 Å². The third kappa shape index (κ3) is 5.28. The van der Waals surface area contributed by atoms with Gasteiger partial charge in [-0.15, -0.1) is 0 Å². The fourth-order valence-electron chi connectivity index (χ4n) is 2.39. The van der Waals surface area contributed by atoms with Gasteiger partial charge in [-0.2, -0.15) is 0 Å². The molecule has 144 valence electrons. The number of carbonyl (C=O) groups is 2. The molecule has 0 aromatic heterocycles. The van der Waals surface area contributed by atoms with Crippen molar-refractivity contribution in [3.8, 4) is 17.2 Å². The van der Waals surface area contributed by atoms with E-state index in [4.69, 9.17) is 42.1 Å². The van der Waals surface area contributed by atoms with Crippen LogP contribution in [0.5, 0.6) is 17.2 Å². The smallest absolute Gasteiger partial charge is 0.310 e. The molecule has 6 nitrogen and oxygen atoms in total. The Morgan fingerprint density at radius 1 is 0.926 bits per heavy atom. The van der Waals surface area contributed by atoms with Gasteiger partial charge in [0.1, 0.15) is 0 Å². The topological polar surface area (TPSA) is 71.1 Å². The summed E-state index contributed by atoms with van der Waals surface area (Å²) in [7, 11) is 4.45. The van der Waals surface area contributed by atoms with E-state index in [0.29, 0.717) is 27.8 Å². The Morgan fingerprint density at radius 2 is 1.56 bits per heavy atom. The number of Topliss-reactive ketones (excluding diaryl/α,β-unsaturated/α-hetero) is 1. The van der Waals surface area contributed by atoms with Crippen molar-refractivity contribution in [1.29, 1.82) is 0 Å². The first-order valence-electron chi connectivity index (χ1n) is 7.82. The normalized spacial score (nSPS) is 10.3. The number of rotatable bonds is 8. The van der Waals surface area contributed by atoms with E-state index < -0.39 is 18.4 Å². The van der Waals surface area contributed by atoms with E-state index in [1.165, 1.54) is 33.5 Å². The van der Waals surface area contributed by atoms with Gasteiger partial charge in [0.15, 0.2) is 18.1 Å². The highest BCUT2D eigenvalue weighted by Gasteiger charge is 2.17. The zero-order valence-corrected chi connectivity index (χ0v) is 16.5. The Kier molecular flexibility index (Phi) is 7.33. The van der Waals surface area contributed by atoms with Gasteiger partial charge < -0.3 is 18.9 Å². The van der Waals surface area contributed by atoms with Crippen molar-refractivity contribution < 1.29 is 28.5 Å². The molecule has 0 heterocycles. The molecular formula is C19H18Cl2O6. The standard InChI is InChI=1S/C19H18Cl2O6/c1-24-16-6-11(7-17(25-2)19(16)26-3)8-18(23)27-10-15(22)13-5-4-12(20)9-14(13)21/h4-7,9H,8,10H2,1-3H3. The van der Waals surface area contributed by atoms with Gasteiger partial charge in [-0.1, -0.05) is 23.2 Å². The largest absolute Gasteiger partial charge is 0.493 e. The third-order valence-corrected chi connectivity index (χ3v) is 4.22. The maximum Gasteiger partial charge on any atom is 0.310 e. The average molecular weight is 413 g/mol. The maximum atomic E-state index is 12.2. The number of ketones is 1. The molecule has 2 aromatic carbocycles. The van der Waals surface area contributed by atoms with Gasteiger partial charge >= 0.3 is 5.97 Å². The summed E-state index contributed by atoms with van der Waals surface area (Å²) < 4.78 is 20.8. The minimum Gasteiger partial charge on any atom is -0.493 e. The fraction of sp³-hybridized carbons (Fsp3) is 0.263. The van der Waals surface area contributed by atoms with Gasteiger partial charge in [0.25, 0.3) is 0 Å². The Balaban J connectivity index is 2.04. The molecule has 0 N–H and O–H groups in total. The zero-order valence-electron chi connectivity index (χ0n) is 15.0. The highest BCUT2D eigenvalue weighted by molar-refractivity contribution is 6.36. The Labute approximate surface area is 166 Å². The van der Waals surface area contributed by atoms with Crippen LogP contribution < -0.4 is 14.2 Å². The maximum absolute atomic E-state index is 12.2. The molecule has 0 spiro atoms. The number of halogens is 2. The van der Waals surface area contributed by atoms with Crippen molar-refractivity contribution >= 4 is 35.0 Å². The number of esters is 1. The van der Waals surface area contributed by atoms with Crippen LogP contribution in [0.2, 0.25) is 10.0 Å². The van der Waals surface area contributed by atoms with Gasteiger partial charge in [0.2, 0.25) is 11.5 Å². The molecule has 0 bridgehead atoms. The van der Waals surface area contributed by atoms with Gasteiger partial charge in [-0.25, -0.2) is 0 Å². The van der Waals surface area contributed by atoms with Crippen LogP contribution in [0.3, 0.4) is 0 Å². The van der Waals surface area contributed by atoms with E-state index in [2.05, 4.69) is 0 Å². The number of carbonyl (C=O) groups excluding carboxylic acids is 2. The van der Waals surface area contributed by atoms with Crippen LogP contribution in [0.4, 0.5) is 0 Å². The summed E-state index contributed by atoms with van der Waals surface area (Å²) in [5.74, 6) is 0.259. The molecule has 0 saturated carbocycles. The number of ether oxygens (including phenoxy) is 4. The molecule has 27 heavy (non-hydrogen) atoms. The van der Waals surface area contributed by atoms with E-state index in [9.17, 15) is 9.59 Å². The summed E-state index contributed by atoms with van der Waals surface area (Å²) in [6.45, 7) is -0.426.